The zero-order chi connectivity index (χ0) is 14.4. The van der Waals surface area contributed by atoms with Crippen molar-refractivity contribution in [3.05, 3.63) is 35.4 Å². The van der Waals surface area contributed by atoms with Crippen LogP contribution in [0.5, 0.6) is 0 Å². The van der Waals surface area contributed by atoms with Crippen LogP contribution in [-0.2, 0) is 17.6 Å². The van der Waals surface area contributed by atoms with Crippen LogP contribution in [0.15, 0.2) is 24.3 Å². The zero-order valence-corrected chi connectivity index (χ0v) is 12.8. The summed E-state index contributed by atoms with van der Waals surface area (Å²) in [6, 6.07) is 9.72. The predicted molar refractivity (Wildman–Crippen MR) is 83.1 cm³/mol. The Labute approximate surface area is 126 Å². The number of piperazine rings is 1. The van der Waals surface area contributed by atoms with Crippen LogP contribution < -0.4 is 0 Å². The van der Waals surface area contributed by atoms with Gasteiger partial charge in [0.2, 0.25) is 5.91 Å². The molecule has 0 aromatic heterocycles. The molecule has 0 bridgehead atoms. The minimum atomic E-state index is 0.178. The van der Waals surface area contributed by atoms with Gasteiger partial charge in [0, 0.05) is 37.6 Å². The van der Waals surface area contributed by atoms with Crippen molar-refractivity contribution in [1.82, 2.24) is 9.80 Å². The smallest absolute Gasteiger partial charge is 0.226 e. The molecule has 21 heavy (non-hydrogen) atoms. The van der Waals surface area contributed by atoms with E-state index >= 15 is 0 Å². The van der Waals surface area contributed by atoms with E-state index < -0.39 is 0 Å². The molecule has 3 nitrogen and oxygen atoms in total. The average molecular weight is 284 g/mol. The minimum absolute atomic E-state index is 0.178. The number of rotatable bonds is 2. The van der Waals surface area contributed by atoms with Crippen LogP contribution in [0.3, 0.4) is 0 Å². The first-order valence-electron chi connectivity index (χ1n) is 8.33. The van der Waals surface area contributed by atoms with Crippen molar-refractivity contribution in [2.24, 2.45) is 5.92 Å². The molecule has 2 fully saturated rings. The Morgan fingerprint density at radius 3 is 2.33 bits per heavy atom. The second-order valence-corrected chi connectivity index (χ2v) is 6.98. The molecule has 3 aliphatic rings. The summed E-state index contributed by atoms with van der Waals surface area (Å²) in [5.41, 5.74) is 2.75. The van der Waals surface area contributed by atoms with Crippen molar-refractivity contribution in [3.63, 3.8) is 0 Å². The van der Waals surface area contributed by atoms with Crippen molar-refractivity contribution in [1.29, 1.82) is 0 Å². The van der Waals surface area contributed by atoms with Crippen LogP contribution in [-0.4, -0.2) is 47.4 Å². The van der Waals surface area contributed by atoms with Gasteiger partial charge in [-0.05, 0) is 43.7 Å². The van der Waals surface area contributed by atoms with Gasteiger partial charge in [-0.3, -0.25) is 9.69 Å². The van der Waals surface area contributed by atoms with E-state index in [1.54, 1.807) is 0 Å². The van der Waals surface area contributed by atoms with Crippen LogP contribution >= 0.6 is 0 Å². The number of fused-ring (bicyclic) bond motifs is 1. The van der Waals surface area contributed by atoms with E-state index in [0.29, 0.717) is 11.9 Å². The highest BCUT2D eigenvalue weighted by molar-refractivity contribution is 5.81. The molecule has 112 valence electrons. The molecule has 3 heteroatoms. The van der Waals surface area contributed by atoms with Gasteiger partial charge in [-0.15, -0.1) is 0 Å². The van der Waals surface area contributed by atoms with Gasteiger partial charge in [-0.25, -0.2) is 0 Å². The van der Waals surface area contributed by atoms with Gasteiger partial charge in [0.05, 0.1) is 0 Å². The van der Waals surface area contributed by atoms with E-state index in [9.17, 15) is 4.79 Å². The summed E-state index contributed by atoms with van der Waals surface area (Å²) in [5.74, 6) is 0.562. The second-order valence-electron chi connectivity index (χ2n) is 6.98. The monoisotopic (exact) mass is 284 g/mol. The van der Waals surface area contributed by atoms with Gasteiger partial charge in [0.25, 0.3) is 0 Å². The molecule has 1 aromatic rings. The summed E-state index contributed by atoms with van der Waals surface area (Å²) in [7, 11) is 0. The number of hydrogen-bond donors (Lipinski definition) is 0. The van der Waals surface area contributed by atoms with E-state index in [2.05, 4.69) is 41.0 Å². The SMILES string of the molecule is CC1CN(C2CC2)CCN1C(=O)C1Cc2ccccc2C1. The molecular formula is C18H24N2O. The third kappa shape index (κ3) is 2.48. The first kappa shape index (κ1) is 13.3. The maximum Gasteiger partial charge on any atom is 0.226 e. The highest BCUT2D eigenvalue weighted by Gasteiger charge is 2.38. The van der Waals surface area contributed by atoms with Crippen LogP contribution in [0.1, 0.15) is 30.9 Å². The van der Waals surface area contributed by atoms with Gasteiger partial charge in [0.1, 0.15) is 0 Å². The van der Waals surface area contributed by atoms with Gasteiger partial charge >= 0.3 is 0 Å². The molecule has 2 aliphatic carbocycles. The van der Waals surface area contributed by atoms with Crippen molar-refractivity contribution < 1.29 is 4.79 Å². The third-order valence-corrected chi connectivity index (χ3v) is 5.41. The van der Waals surface area contributed by atoms with E-state index in [1.165, 1.54) is 24.0 Å². The standard InChI is InChI=1S/C18H24N2O/c1-13-12-19(17-6-7-17)8-9-20(13)18(21)16-10-14-4-2-3-5-15(14)11-16/h2-5,13,16-17H,6-12H2,1H3. The van der Waals surface area contributed by atoms with Gasteiger partial charge in [-0.1, -0.05) is 24.3 Å². The Balaban J connectivity index is 1.42. The first-order chi connectivity index (χ1) is 10.2. The summed E-state index contributed by atoms with van der Waals surface area (Å²) in [6.07, 6.45) is 4.59. The summed E-state index contributed by atoms with van der Waals surface area (Å²) in [5, 5.41) is 0. The predicted octanol–water partition coefficient (Wildman–Crippen LogP) is 2.10. The van der Waals surface area contributed by atoms with Gasteiger partial charge < -0.3 is 4.90 Å². The third-order valence-electron chi connectivity index (χ3n) is 5.41. The maximum absolute atomic E-state index is 12.9. The lowest BCUT2D eigenvalue weighted by Crippen LogP contribution is -2.55. The maximum atomic E-state index is 12.9. The van der Waals surface area contributed by atoms with Crippen molar-refractivity contribution in [3.8, 4) is 0 Å². The Kier molecular flexibility index (Phi) is 3.26. The summed E-state index contributed by atoms with van der Waals surface area (Å²) in [4.78, 5) is 17.6. The number of nitrogens with zero attached hydrogens (tertiary/aromatic N) is 2. The number of amides is 1. The number of carbonyl (C=O) groups excluding carboxylic acids is 1. The molecule has 4 rings (SSSR count). The zero-order valence-electron chi connectivity index (χ0n) is 12.8. The number of hydrogen-bond acceptors (Lipinski definition) is 2. The fraction of sp³-hybridized carbons (Fsp3) is 0.611. The van der Waals surface area contributed by atoms with Crippen LogP contribution in [0.25, 0.3) is 0 Å². The Bertz CT molecular complexity index is 527. The van der Waals surface area contributed by atoms with Gasteiger partial charge in [0.15, 0.2) is 0 Å². The molecule has 1 aromatic carbocycles. The summed E-state index contributed by atoms with van der Waals surface area (Å²) in [6.45, 7) is 5.27. The van der Waals surface area contributed by atoms with E-state index in [1.807, 2.05) is 0 Å². The molecule has 1 aliphatic heterocycles. The first-order valence-corrected chi connectivity index (χ1v) is 8.33. The molecule has 1 atom stereocenters. The quantitative estimate of drug-likeness (QED) is 0.830. The van der Waals surface area contributed by atoms with E-state index in [4.69, 9.17) is 0 Å². The average Bonchev–Trinajstić information content (AvgIpc) is 3.25. The molecular weight excluding hydrogens is 260 g/mol. The topological polar surface area (TPSA) is 23.6 Å². The second kappa shape index (κ2) is 5.13. The molecule has 1 heterocycles. The van der Waals surface area contributed by atoms with Crippen LogP contribution in [0, 0.1) is 5.92 Å². The minimum Gasteiger partial charge on any atom is -0.337 e. The number of carbonyl (C=O) groups is 1. The van der Waals surface area contributed by atoms with Gasteiger partial charge in [-0.2, -0.15) is 0 Å². The molecule has 0 radical (unpaired) electrons. The normalized spacial score (nSPS) is 26.9. The molecule has 1 unspecified atom stereocenters. The van der Waals surface area contributed by atoms with Crippen LogP contribution in [0.2, 0.25) is 0 Å². The lowest BCUT2D eigenvalue weighted by atomic mass is 10.0. The molecule has 0 spiro atoms. The number of benzene rings is 1. The van der Waals surface area contributed by atoms with E-state index in [0.717, 1.165) is 38.5 Å². The largest absolute Gasteiger partial charge is 0.337 e. The van der Waals surface area contributed by atoms with Crippen molar-refractivity contribution >= 4 is 5.91 Å². The summed E-state index contributed by atoms with van der Waals surface area (Å²) < 4.78 is 0. The Hall–Kier alpha value is -1.35. The summed E-state index contributed by atoms with van der Waals surface area (Å²) >= 11 is 0. The van der Waals surface area contributed by atoms with Crippen molar-refractivity contribution in [2.75, 3.05) is 19.6 Å². The molecule has 0 N–H and O–H groups in total. The molecule has 1 saturated heterocycles. The molecule has 1 amide bonds. The highest BCUT2D eigenvalue weighted by Crippen LogP contribution is 2.31. The lowest BCUT2D eigenvalue weighted by molar-refractivity contribution is -0.139. The fourth-order valence-corrected chi connectivity index (χ4v) is 4.05. The van der Waals surface area contributed by atoms with Crippen molar-refractivity contribution in [2.45, 2.75) is 44.7 Å². The van der Waals surface area contributed by atoms with Crippen LogP contribution in [0.4, 0.5) is 0 Å². The molecule has 1 saturated carbocycles. The van der Waals surface area contributed by atoms with E-state index in [-0.39, 0.29) is 5.92 Å². The Morgan fingerprint density at radius 2 is 1.76 bits per heavy atom. The highest BCUT2D eigenvalue weighted by atomic mass is 16.2. The lowest BCUT2D eigenvalue weighted by Gasteiger charge is -2.41. The Morgan fingerprint density at radius 1 is 1.10 bits per heavy atom. The fourth-order valence-electron chi connectivity index (χ4n) is 4.05.